The summed E-state index contributed by atoms with van der Waals surface area (Å²) in [5.41, 5.74) is 8.92. The SMILES string of the molecule is COC(=O)CN(C(=O)c1cc2c(C)c(C)ccc2[nH]1)C(N)=S. The van der Waals surface area contributed by atoms with E-state index in [-0.39, 0.29) is 11.7 Å². The summed E-state index contributed by atoms with van der Waals surface area (Å²) in [7, 11) is 1.24. The summed E-state index contributed by atoms with van der Waals surface area (Å²) in [6.07, 6.45) is 0. The van der Waals surface area contributed by atoms with Gasteiger partial charge in [0.1, 0.15) is 12.2 Å². The highest BCUT2D eigenvalue weighted by Gasteiger charge is 2.23. The Morgan fingerprint density at radius 3 is 2.64 bits per heavy atom. The molecule has 116 valence electrons. The van der Waals surface area contributed by atoms with E-state index in [2.05, 4.69) is 9.72 Å². The molecule has 0 aliphatic carbocycles. The maximum atomic E-state index is 12.5. The summed E-state index contributed by atoms with van der Waals surface area (Å²) >= 11 is 4.85. The van der Waals surface area contributed by atoms with E-state index in [1.165, 1.54) is 7.11 Å². The Bertz CT molecular complexity index is 767. The Kier molecular flexibility index (Phi) is 4.46. The summed E-state index contributed by atoms with van der Waals surface area (Å²) in [6, 6.07) is 5.62. The topological polar surface area (TPSA) is 88.4 Å². The van der Waals surface area contributed by atoms with Gasteiger partial charge in [0.15, 0.2) is 5.11 Å². The van der Waals surface area contributed by atoms with Gasteiger partial charge in [0, 0.05) is 10.9 Å². The second kappa shape index (κ2) is 6.15. The van der Waals surface area contributed by atoms with E-state index in [1.807, 2.05) is 26.0 Å². The first-order valence-electron chi connectivity index (χ1n) is 6.62. The van der Waals surface area contributed by atoms with Crippen LogP contribution in [0.3, 0.4) is 0 Å². The van der Waals surface area contributed by atoms with Gasteiger partial charge in [0.25, 0.3) is 5.91 Å². The third kappa shape index (κ3) is 2.94. The summed E-state index contributed by atoms with van der Waals surface area (Å²) < 4.78 is 4.55. The minimum absolute atomic E-state index is 0.179. The van der Waals surface area contributed by atoms with E-state index in [0.29, 0.717) is 5.69 Å². The Morgan fingerprint density at radius 1 is 1.36 bits per heavy atom. The van der Waals surface area contributed by atoms with Crippen LogP contribution in [0.5, 0.6) is 0 Å². The van der Waals surface area contributed by atoms with Gasteiger partial charge in [0.05, 0.1) is 7.11 Å². The summed E-state index contributed by atoms with van der Waals surface area (Å²) in [5.74, 6) is -1.06. The minimum atomic E-state index is -0.593. The van der Waals surface area contributed by atoms with Crippen LogP contribution >= 0.6 is 12.2 Å². The maximum Gasteiger partial charge on any atom is 0.325 e. The number of hydrogen-bond donors (Lipinski definition) is 2. The summed E-state index contributed by atoms with van der Waals surface area (Å²) in [6.45, 7) is 3.67. The van der Waals surface area contributed by atoms with Crippen LogP contribution in [-0.2, 0) is 9.53 Å². The number of carbonyl (C=O) groups is 2. The molecule has 7 heteroatoms. The minimum Gasteiger partial charge on any atom is -0.468 e. The van der Waals surface area contributed by atoms with E-state index in [1.54, 1.807) is 6.07 Å². The number of aromatic nitrogens is 1. The molecule has 0 spiro atoms. The number of hydrogen-bond acceptors (Lipinski definition) is 4. The fourth-order valence-corrected chi connectivity index (χ4v) is 2.31. The average molecular weight is 319 g/mol. The summed E-state index contributed by atoms with van der Waals surface area (Å²) in [5, 5.41) is 0.770. The molecule has 0 aliphatic rings. The van der Waals surface area contributed by atoms with E-state index >= 15 is 0 Å². The highest BCUT2D eigenvalue weighted by atomic mass is 32.1. The number of nitrogens with two attached hydrogens (primary N) is 1. The van der Waals surface area contributed by atoms with Crippen molar-refractivity contribution in [3.05, 3.63) is 35.0 Å². The molecule has 0 unspecified atom stereocenters. The lowest BCUT2D eigenvalue weighted by Crippen LogP contribution is -2.44. The zero-order chi connectivity index (χ0) is 16.4. The fourth-order valence-electron chi connectivity index (χ4n) is 2.16. The van der Waals surface area contributed by atoms with Crippen molar-refractivity contribution in [2.45, 2.75) is 13.8 Å². The van der Waals surface area contributed by atoms with Gasteiger partial charge in [-0.1, -0.05) is 6.07 Å². The molecule has 6 nitrogen and oxygen atoms in total. The lowest BCUT2D eigenvalue weighted by atomic mass is 10.1. The number of amides is 1. The number of nitrogens with one attached hydrogen (secondary N) is 1. The van der Waals surface area contributed by atoms with Crippen LogP contribution in [0.1, 0.15) is 21.6 Å². The zero-order valence-electron chi connectivity index (χ0n) is 12.6. The number of ether oxygens (including phenoxy) is 1. The number of fused-ring (bicyclic) bond motifs is 1. The number of benzene rings is 1. The molecule has 0 aliphatic heterocycles. The van der Waals surface area contributed by atoms with Crippen LogP contribution in [0.4, 0.5) is 0 Å². The second-order valence-corrected chi connectivity index (χ2v) is 5.38. The number of aryl methyl sites for hydroxylation is 2. The number of nitrogens with zero attached hydrogens (tertiary/aromatic N) is 1. The van der Waals surface area contributed by atoms with Crippen LogP contribution in [0.25, 0.3) is 10.9 Å². The molecule has 22 heavy (non-hydrogen) atoms. The van der Waals surface area contributed by atoms with E-state index in [0.717, 1.165) is 26.9 Å². The lowest BCUT2D eigenvalue weighted by Gasteiger charge is -2.18. The molecule has 0 fully saturated rings. The number of rotatable bonds is 3. The van der Waals surface area contributed by atoms with Gasteiger partial charge >= 0.3 is 5.97 Å². The molecular formula is C15H17N3O3S. The van der Waals surface area contributed by atoms with Gasteiger partial charge in [-0.05, 0) is 49.3 Å². The quantitative estimate of drug-likeness (QED) is 0.663. The Labute approximate surface area is 133 Å². The van der Waals surface area contributed by atoms with Gasteiger partial charge in [-0.25, -0.2) is 0 Å². The van der Waals surface area contributed by atoms with Crippen molar-refractivity contribution < 1.29 is 14.3 Å². The van der Waals surface area contributed by atoms with Crippen molar-refractivity contribution in [2.24, 2.45) is 5.73 Å². The predicted molar refractivity (Wildman–Crippen MR) is 87.6 cm³/mol. The van der Waals surface area contributed by atoms with Crippen molar-refractivity contribution in [3.8, 4) is 0 Å². The van der Waals surface area contributed by atoms with E-state index in [4.69, 9.17) is 18.0 Å². The Balaban J connectivity index is 2.40. The first kappa shape index (κ1) is 16.0. The molecule has 0 bridgehead atoms. The Hall–Kier alpha value is -2.41. The van der Waals surface area contributed by atoms with Crippen LogP contribution in [-0.4, -0.2) is 40.5 Å². The predicted octanol–water partition coefficient (Wildman–Crippen LogP) is 1.64. The molecule has 1 heterocycles. The van der Waals surface area contributed by atoms with Crippen molar-refractivity contribution in [2.75, 3.05) is 13.7 Å². The first-order chi connectivity index (χ1) is 10.3. The van der Waals surface area contributed by atoms with Gasteiger partial charge in [-0.15, -0.1) is 0 Å². The second-order valence-electron chi connectivity index (χ2n) is 4.96. The number of aromatic amines is 1. The van der Waals surface area contributed by atoms with Crippen molar-refractivity contribution in [1.82, 2.24) is 9.88 Å². The normalized spacial score (nSPS) is 10.5. The first-order valence-corrected chi connectivity index (χ1v) is 7.03. The molecule has 2 aromatic rings. The number of H-pyrrole nitrogens is 1. The van der Waals surface area contributed by atoms with Crippen LogP contribution < -0.4 is 5.73 Å². The average Bonchev–Trinajstić information content (AvgIpc) is 2.92. The molecule has 1 aromatic carbocycles. The van der Waals surface area contributed by atoms with Gasteiger partial charge in [-0.3, -0.25) is 14.5 Å². The largest absolute Gasteiger partial charge is 0.468 e. The molecule has 0 saturated carbocycles. The van der Waals surface area contributed by atoms with Crippen molar-refractivity contribution in [1.29, 1.82) is 0 Å². The molecule has 0 radical (unpaired) electrons. The van der Waals surface area contributed by atoms with Gasteiger partial charge < -0.3 is 15.5 Å². The molecular weight excluding hydrogens is 302 g/mol. The molecule has 1 aromatic heterocycles. The van der Waals surface area contributed by atoms with E-state index in [9.17, 15) is 9.59 Å². The standard InChI is InChI=1S/C15H17N3O3S/c1-8-4-5-11-10(9(8)2)6-12(17-11)14(20)18(15(16)22)7-13(19)21-3/h4-6,17H,7H2,1-3H3,(H2,16,22). The molecule has 0 atom stereocenters. The molecule has 0 saturated heterocycles. The van der Waals surface area contributed by atoms with Crippen LogP contribution in [0, 0.1) is 13.8 Å². The van der Waals surface area contributed by atoms with E-state index < -0.39 is 11.9 Å². The van der Waals surface area contributed by atoms with Crippen molar-refractivity contribution >= 4 is 40.1 Å². The third-order valence-electron chi connectivity index (χ3n) is 3.60. The molecule has 1 amide bonds. The summed E-state index contributed by atoms with van der Waals surface area (Å²) in [4.78, 5) is 28.0. The number of carbonyl (C=O) groups excluding carboxylic acids is 2. The smallest absolute Gasteiger partial charge is 0.325 e. The Morgan fingerprint density at radius 2 is 2.05 bits per heavy atom. The maximum absolute atomic E-state index is 12.5. The number of thiocarbonyl (C=S) groups is 1. The van der Waals surface area contributed by atoms with Gasteiger partial charge in [-0.2, -0.15) is 0 Å². The van der Waals surface area contributed by atoms with Crippen molar-refractivity contribution in [3.63, 3.8) is 0 Å². The fraction of sp³-hybridized carbons (Fsp3) is 0.267. The number of esters is 1. The molecule has 2 rings (SSSR count). The highest BCUT2D eigenvalue weighted by Crippen LogP contribution is 2.23. The van der Waals surface area contributed by atoms with Crippen LogP contribution in [0.2, 0.25) is 0 Å². The monoisotopic (exact) mass is 319 g/mol. The number of methoxy groups -OCH3 is 1. The zero-order valence-corrected chi connectivity index (χ0v) is 13.4. The highest BCUT2D eigenvalue weighted by molar-refractivity contribution is 7.80. The third-order valence-corrected chi connectivity index (χ3v) is 3.82. The lowest BCUT2D eigenvalue weighted by molar-refractivity contribution is -0.140. The molecule has 3 N–H and O–H groups in total. The van der Waals surface area contributed by atoms with Gasteiger partial charge in [0.2, 0.25) is 0 Å². The van der Waals surface area contributed by atoms with Crippen LogP contribution in [0.15, 0.2) is 18.2 Å².